The lowest BCUT2D eigenvalue weighted by Gasteiger charge is -2.20. The van der Waals surface area contributed by atoms with Crippen LogP contribution < -0.4 is 20.7 Å². The predicted octanol–water partition coefficient (Wildman–Crippen LogP) is 5.67. The number of aryl methyl sites for hydroxylation is 2. The Labute approximate surface area is 187 Å². The molecular formula is C23H26ClN4O2P. The molecule has 31 heavy (non-hydrogen) atoms. The molecule has 6 nitrogen and oxygen atoms in total. The van der Waals surface area contributed by atoms with Crippen LogP contribution in [0.4, 0.5) is 23.1 Å². The van der Waals surface area contributed by atoms with Crippen molar-refractivity contribution in [2.75, 3.05) is 31.1 Å². The second kappa shape index (κ2) is 8.52. The molecule has 1 aromatic heterocycles. The average molecular weight is 457 g/mol. The standard InChI is InChI=1S/C23H26ClN4O2P/c1-14-8-10-18(20(12-14)30-2)27-23-25-13-17(24)22(28-23)26-19-11-9-15-6-5-7-16(15)21(19)31(3,4)29/h8-13H,5-7H2,1-4H3,(H2,25,26,27,28). The maximum absolute atomic E-state index is 13.1. The molecule has 8 heteroatoms. The number of nitrogens with one attached hydrogen (secondary N) is 2. The Bertz CT molecular complexity index is 1190. The summed E-state index contributed by atoms with van der Waals surface area (Å²) in [6.07, 6.45) is 4.61. The lowest BCUT2D eigenvalue weighted by molar-refractivity contribution is 0.416. The van der Waals surface area contributed by atoms with Gasteiger partial charge in [-0.3, -0.25) is 0 Å². The third-order valence-corrected chi connectivity index (χ3v) is 7.26. The van der Waals surface area contributed by atoms with E-state index in [2.05, 4.69) is 26.7 Å². The summed E-state index contributed by atoms with van der Waals surface area (Å²) in [6, 6.07) is 9.93. The van der Waals surface area contributed by atoms with Crippen molar-refractivity contribution in [1.29, 1.82) is 0 Å². The third kappa shape index (κ3) is 4.56. The number of halogens is 1. The van der Waals surface area contributed by atoms with Crippen LogP contribution in [0.25, 0.3) is 0 Å². The number of ether oxygens (including phenoxy) is 1. The van der Waals surface area contributed by atoms with Gasteiger partial charge in [0, 0.05) is 5.30 Å². The van der Waals surface area contributed by atoms with E-state index in [1.165, 1.54) is 11.1 Å². The molecule has 0 spiro atoms. The van der Waals surface area contributed by atoms with Gasteiger partial charge in [-0.25, -0.2) is 4.98 Å². The molecular weight excluding hydrogens is 431 g/mol. The monoisotopic (exact) mass is 456 g/mol. The van der Waals surface area contributed by atoms with E-state index in [-0.39, 0.29) is 0 Å². The molecule has 0 bridgehead atoms. The van der Waals surface area contributed by atoms with Crippen LogP contribution in [0.15, 0.2) is 36.5 Å². The lowest BCUT2D eigenvalue weighted by Crippen LogP contribution is -2.16. The zero-order chi connectivity index (χ0) is 22.2. The van der Waals surface area contributed by atoms with Crippen LogP contribution in [0, 0.1) is 6.92 Å². The highest BCUT2D eigenvalue weighted by Crippen LogP contribution is 2.43. The largest absolute Gasteiger partial charge is 0.495 e. The minimum absolute atomic E-state index is 0.382. The summed E-state index contributed by atoms with van der Waals surface area (Å²) in [6.45, 7) is 5.62. The highest BCUT2D eigenvalue weighted by Gasteiger charge is 2.26. The van der Waals surface area contributed by atoms with Gasteiger partial charge in [0.05, 0.1) is 24.7 Å². The van der Waals surface area contributed by atoms with E-state index in [1.54, 1.807) is 13.3 Å². The van der Waals surface area contributed by atoms with E-state index in [0.717, 1.165) is 41.5 Å². The Hall–Kier alpha value is -2.56. The maximum Gasteiger partial charge on any atom is 0.229 e. The van der Waals surface area contributed by atoms with Gasteiger partial charge in [0.2, 0.25) is 5.95 Å². The summed E-state index contributed by atoms with van der Waals surface area (Å²) in [7, 11) is -0.888. The molecule has 4 rings (SSSR count). The predicted molar refractivity (Wildman–Crippen MR) is 129 cm³/mol. The Balaban J connectivity index is 1.69. The summed E-state index contributed by atoms with van der Waals surface area (Å²) in [4.78, 5) is 8.87. The van der Waals surface area contributed by atoms with E-state index < -0.39 is 7.14 Å². The number of hydrogen-bond acceptors (Lipinski definition) is 6. The van der Waals surface area contributed by atoms with Crippen LogP contribution in [0.2, 0.25) is 5.02 Å². The van der Waals surface area contributed by atoms with E-state index in [0.29, 0.717) is 22.5 Å². The zero-order valence-corrected chi connectivity index (χ0v) is 19.8. The van der Waals surface area contributed by atoms with Crippen molar-refractivity contribution in [1.82, 2.24) is 9.97 Å². The minimum Gasteiger partial charge on any atom is -0.495 e. The van der Waals surface area contributed by atoms with Gasteiger partial charge in [0.25, 0.3) is 0 Å². The molecule has 0 radical (unpaired) electrons. The van der Waals surface area contributed by atoms with E-state index in [9.17, 15) is 4.57 Å². The second-order valence-corrected chi connectivity index (χ2v) is 11.7. The van der Waals surface area contributed by atoms with Gasteiger partial charge in [-0.05, 0) is 74.4 Å². The molecule has 0 saturated heterocycles. The van der Waals surface area contributed by atoms with Crippen molar-refractivity contribution in [3.8, 4) is 5.75 Å². The molecule has 1 aliphatic carbocycles. The van der Waals surface area contributed by atoms with Gasteiger partial charge < -0.3 is 19.9 Å². The van der Waals surface area contributed by atoms with Crippen LogP contribution in [0.1, 0.15) is 23.1 Å². The SMILES string of the molecule is COc1cc(C)ccc1Nc1ncc(Cl)c(Nc2ccc3c(c2P(C)(C)=O)CCC3)n1. The number of nitrogens with zero attached hydrogens (tertiary/aromatic N) is 2. The van der Waals surface area contributed by atoms with E-state index >= 15 is 0 Å². The molecule has 0 fully saturated rings. The summed E-state index contributed by atoms with van der Waals surface area (Å²) >= 11 is 6.40. The Morgan fingerprint density at radius 1 is 1.10 bits per heavy atom. The Morgan fingerprint density at radius 2 is 1.87 bits per heavy atom. The molecule has 1 heterocycles. The van der Waals surface area contributed by atoms with Gasteiger partial charge in [-0.15, -0.1) is 0 Å². The molecule has 3 aromatic rings. The first-order valence-electron chi connectivity index (χ1n) is 10.2. The van der Waals surface area contributed by atoms with Crippen LogP contribution in [-0.4, -0.2) is 30.4 Å². The van der Waals surface area contributed by atoms with Crippen molar-refractivity contribution in [3.05, 3.63) is 58.2 Å². The van der Waals surface area contributed by atoms with Gasteiger partial charge in [0.1, 0.15) is 17.9 Å². The minimum atomic E-state index is -2.51. The third-order valence-electron chi connectivity index (χ3n) is 5.39. The summed E-state index contributed by atoms with van der Waals surface area (Å²) < 4.78 is 18.6. The van der Waals surface area contributed by atoms with E-state index in [1.807, 2.05) is 44.5 Å². The van der Waals surface area contributed by atoms with Crippen molar-refractivity contribution >= 4 is 47.2 Å². The number of anilines is 4. The average Bonchev–Trinajstić information content (AvgIpc) is 3.19. The van der Waals surface area contributed by atoms with Gasteiger partial charge in [-0.2, -0.15) is 4.98 Å². The molecule has 2 N–H and O–H groups in total. The van der Waals surface area contributed by atoms with Gasteiger partial charge in [0.15, 0.2) is 5.82 Å². The fraction of sp³-hybridized carbons (Fsp3) is 0.304. The molecule has 0 amide bonds. The number of hydrogen-bond donors (Lipinski definition) is 2. The number of methoxy groups -OCH3 is 1. The van der Waals surface area contributed by atoms with Crippen molar-refractivity contribution in [2.45, 2.75) is 26.2 Å². The number of rotatable bonds is 6. The topological polar surface area (TPSA) is 76.1 Å². The Morgan fingerprint density at radius 3 is 2.61 bits per heavy atom. The number of fused-ring (bicyclic) bond motifs is 1. The highest BCUT2D eigenvalue weighted by atomic mass is 35.5. The fourth-order valence-corrected chi connectivity index (χ4v) is 5.78. The van der Waals surface area contributed by atoms with Crippen molar-refractivity contribution in [2.24, 2.45) is 0 Å². The first-order chi connectivity index (χ1) is 14.8. The maximum atomic E-state index is 13.1. The number of aromatic nitrogens is 2. The second-order valence-electron chi connectivity index (χ2n) is 8.15. The quantitative estimate of drug-likeness (QED) is 0.465. The molecule has 0 aliphatic heterocycles. The van der Waals surface area contributed by atoms with Gasteiger partial charge >= 0.3 is 0 Å². The molecule has 0 saturated carbocycles. The Kier molecular flexibility index (Phi) is 5.96. The first-order valence-corrected chi connectivity index (χ1v) is 13.2. The number of benzene rings is 2. The molecule has 0 atom stereocenters. The molecule has 2 aromatic carbocycles. The van der Waals surface area contributed by atoms with Gasteiger partial charge in [-0.1, -0.05) is 23.7 Å². The van der Waals surface area contributed by atoms with Crippen LogP contribution in [-0.2, 0) is 17.4 Å². The van der Waals surface area contributed by atoms with E-state index in [4.69, 9.17) is 16.3 Å². The lowest BCUT2D eigenvalue weighted by atomic mass is 10.1. The highest BCUT2D eigenvalue weighted by molar-refractivity contribution is 7.70. The first kappa shape index (κ1) is 21.7. The molecule has 162 valence electrons. The summed E-state index contributed by atoms with van der Waals surface area (Å²) in [5, 5.41) is 7.78. The fourth-order valence-electron chi connectivity index (χ4n) is 4.03. The van der Waals surface area contributed by atoms with Crippen molar-refractivity contribution < 1.29 is 9.30 Å². The summed E-state index contributed by atoms with van der Waals surface area (Å²) in [5.74, 6) is 1.54. The van der Waals surface area contributed by atoms with Crippen LogP contribution in [0.3, 0.4) is 0 Å². The summed E-state index contributed by atoms with van der Waals surface area (Å²) in [5.41, 5.74) is 5.12. The van der Waals surface area contributed by atoms with Crippen LogP contribution >= 0.6 is 18.7 Å². The molecule has 0 unspecified atom stereocenters. The van der Waals surface area contributed by atoms with Crippen LogP contribution in [0.5, 0.6) is 5.75 Å². The zero-order valence-electron chi connectivity index (χ0n) is 18.1. The van der Waals surface area contributed by atoms with Crippen molar-refractivity contribution in [3.63, 3.8) is 0 Å². The molecule has 1 aliphatic rings. The smallest absolute Gasteiger partial charge is 0.229 e. The normalized spacial score (nSPS) is 13.1.